The van der Waals surface area contributed by atoms with E-state index in [4.69, 9.17) is 5.73 Å². The van der Waals surface area contributed by atoms with Crippen LogP contribution in [0.15, 0.2) is 28.7 Å². The molecular weight excluding hydrogens is 280 g/mol. The van der Waals surface area contributed by atoms with Crippen LogP contribution in [0.1, 0.15) is 30.9 Å². The number of benzene rings is 1. The van der Waals surface area contributed by atoms with Crippen LogP contribution in [-0.2, 0) is 4.79 Å². The van der Waals surface area contributed by atoms with E-state index in [1.807, 2.05) is 23.1 Å². The predicted octanol–water partition coefficient (Wildman–Crippen LogP) is 2.46. The summed E-state index contributed by atoms with van der Waals surface area (Å²) >= 11 is 3.56. The van der Waals surface area contributed by atoms with Gasteiger partial charge in [-0.05, 0) is 24.5 Å². The SMILES string of the molecule is NCCC(=O)N1CCCC1c1ccccc1Br. The van der Waals surface area contributed by atoms with Gasteiger partial charge in [0.25, 0.3) is 0 Å². The van der Waals surface area contributed by atoms with Gasteiger partial charge in [-0.25, -0.2) is 0 Å². The van der Waals surface area contributed by atoms with E-state index in [2.05, 4.69) is 22.0 Å². The zero-order valence-corrected chi connectivity index (χ0v) is 11.3. The number of amides is 1. The molecule has 2 rings (SSSR count). The third-order valence-corrected chi connectivity index (χ3v) is 3.92. The fourth-order valence-corrected chi connectivity index (χ4v) is 2.95. The summed E-state index contributed by atoms with van der Waals surface area (Å²) in [5, 5.41) is 0. The number of carbonyl (C=O) groups excluding carboxylic acids is 1. The molecule has 1 aromatic rings. The van der Waals surface area contributed by atoms with Crippen molar-refractivity contribution in [2.45, 2.75) is 25.3 Å². The molecule has 1 saturated heterocycles. The Labute approximate surface area is 110 Å². The Morgan fingerprint density at radius 3 is 2.94 bits per heavy atom. The molecule has 1 unspecified atom stereocenters. The van der Waals surface area contributed by atoms with E-state index in [0.717, 1.165) is 23.9 Å². The molecule has 1 aliphatic heterocycles. The highest BCUT2D eigenvalue weighted by Crippen LogP contribution is 2.35. The minimum absolute atomic E-state index is 0.172. The predicted molar refractivity (Wildman–Crippen MR) is 71.5 cm³/mol. The molecule has 0 aliphatic carbocycles. The average Bonchev–Trinajstić information content (AvgIpc) is 2.79. The van der Waals surface area contributed by atoms with Crippen molar-refractivity contribution in [3.8, 4) is 0 Å². The van der Waals surface area contributed by atoms with Crippen molar-refractivity contribution in [2.75, 3.05) is 13.1 Å². The van der Waals surface area contributed by atoms with Gasteiger partial charge in [-0.2, -0.15) is 0 Å². The summed E-state index contributed by atoms with van der Waals surface area (Å²) in [6.07, 6.45) is 2.56. The van der Waals surface area contributed by atoms with Crippen LogP contribution < -0.4 is 5.73 Å². The molecule has 0 aromatic heterocycles. The van der Waals surface area contributed by atoms with Crippen LogP contribution in [0.5, 0.6) is 0 Å². The molecule has 4 heteroatoms. The van der Waals surface area contributed by atoms with Crippen LogP contribution in [0.4, 0.5) is 0 Å². The van der Waals surface area contributed by atoms with Gasteiger partial charge >= 0.3 is 0 Å². The quantitative estimate of drug-likeness (QED) is 0.931. The van der Waals surface area contributed by atoms with Gasteiger partial charge in [-0.15, -0.1) is 0 Å². The largest absolute Gasteiger partial charge is 0.336 e. The molecule has 1 heterocycles. The lowest BCUT2D eigenvalue weighted by Crippen LogP contribution is -2.32. The number of hydrogen-bond acceptors (Lipinski definition) is 2. The fraction of sp³-hybridized carbons (Fsp3) is 0.462. The molecule has 0 spiro atoms. The summed E-state index contributed by atoms with van der Waals surface area (Å²) in [4.78, 5) is 13.9. The topological polar surface area (TPSA) is 46.3 Å². The van der Waals surface area contributed by atoms with E-state index in [0.29, 0.717) is 13.0 Å². The zero-order chi connectivity index (χ0) is 12.3. The zero-order valence-electron chi connectivity index (χ0n) is 9.73. The van der Waals surface area contributed by atoms with Crippen molar-refractivity contribution in [1.29, 1.82) is 0 Å². The fourth-order valence-electron chi connectivity index (χ4n) is 2.40. The Kier molecular flexibility index (Phi) is 4.18. The van der Waals surface area contributed by atoms with E-state index in [1.54, 1.807) is 0 Å². The number of halogens is 1. The summed E-state index contributed by atoms with van der Waals surface area (Å²) in [6.45, 7) is 1.28. The summed E-state index contributed by atoms with van der Waals surface area (Å²) in [6, 6.07) is 8.34. The van der Waals surface area contributed by atoms with Crippen molar-refractivity contribution in [3.63, 3.8) is 0 Å². The second-order valence-electron chi connectivity index (χ2n) is 4.31. The highest BCUT2D eigenvalue weighted by atomic mass is 79.9. The molecule has 17 heavy (non-hydrogen) atoms. The van der Waals surface area contributed by atoms with Gasteiger partial charge in [0.2, 0.25) is 5.91 Å². The Morgan fingerprint density at radius 1 is 1.47 bits per heavy atom. The van der Waals surface area contributed by atoms with E-state index >= 15 is 0 Å². The molecule has 1 amide bonds. The summed E-state index contributed by atoms with van der Waals surface area (Å²) < 4.78 is 1.08. The number of nitrogens with zero attached hydrogens (tertiary/aromatic N) is 1. The smallest absolute Gasteiger partial charge is 0.224 e. The highest BCUT2D eigenvalue weighted by molar-refractivity contribution is 9.10. The molecular formula is C13H17BrN2O. The molecule has 1 fully saturated rings. The maximum atomic E-state index is 12.0. The van der Waals surface area contributed by atoms with Gasteiger partial charge in [-0.3, -0.25) is 4.79 Å². The number of hydrogen-bond donors (Lipinski definition) is 1. The van der Waals surface area contributed by atoms with Crippen molar-refractivity contribution in [2.24, 2.45) is 5.73 Å². The second-order valence-corrected chi connectivity index (χ2v) is 5.16. The number of carbonyl (C=O) groups is 1. The molecule has 0 saturated carbocycles. The van der Waals surface area contributed by atoms with Crippen molar-refractivity contribution in [3.05, 3.63) is 34.3 Å². The van der Waals surface area contributed by atoms with Gasteiger partial charge in [0.1, 0.15) is 0 Å². The highest BCUT2D eigenvalue weighted by Gasteiger charge is 2.30. The summed E-state index contributed by atoms with van der Waals surface area (Å²) in [5.74, 6) is 0.172. The lowest BCUT2D eigenvalue weighted by molar-refractivity contribution is -0.131. The van der Waals surface area contributed by atoms with Crippen LogP contribution in [0, 0.1) is 0 Å². The van der Waals surface area contributed by atoms with E-state index in [9.17, 15) is 4.79 Å². The summed E-state index contributed by atoms with van der Waals surface area (Å²) in [7, 11) is 0. The number of likely N-dealkylation sites (tertiary alicyclic amines) is 1. The maximum absolute atomic E-state index is 12.0. The lowest BCUT2D eigenvalue weighted by Gasteiger charge is -2.25. The van der Waals surface area contributed by atoms with E-state index in [-0.39, 0.29) is 11.9 Å². The molecule has 92 valence electrons. The first-order valence-electron chi connectivity index (χ1n) is 5.98. The normalized spacial score (nSPS) is 19.6. The Hall–Kier alpha value is -0.870. The lowest BCUT2D eigenvalue weighted by atomic mass is 10.0. The minimum Gasteiger partial charge on any atom is -0.336 e. The van der Waals surface area contributed by atoms with Crippen LogP contribution in [0.3, 0.4) is 0 Å². The first kappa shape index (κ1) is 12.6. The van der Waals surface area contributed by atoms with Gasteiger partial charge < -0.3 is 10.6 Å². The van der Waals surface area contributed by atoms with Crippen molar-refractivity contribution >= 4 is 21.8 Å². The van der Waals surface area contributed by atoms with Crippen molar-refractivity contribution in [1.82, 2.24) is 4.90 Å². The van der Waals surface area contributed by atoms with Crippen LogP contribution >= 0.6 is 15.9 Å². The standard InChI is InChI=1S/C13H17BrN2O/c14-11-5-2-1-4-10(11)12-6-3-9-16(12)13(17)7-8-15/h1-2,4-5,12H,3,6-9,15H2. The van der Waals surface area contributed by atoms with Crippen LogP contribution in [0.25, 0.3) is 0 Å². The average molecular weight is 297 g/mol. The Balaban J connectivity index is 2.20. The molecule has 2 N–H and O–H groups in total. The monoisotopic (exact) mass is 296 g/mol. The van der Waals surface area contributed by atoms with Gasteiger partial charge in [0.05, 0.1) is 6.04 Å². The molecule has 0 radical (unpaired) electrons. The molecule has 1 aliphatic rings. The third-order valence-electron chi connectivity index (χ3n) is 3.20. The van der Waals surface area contributed by atoms with E-state index < -0.39 is 0 Å². The Bertz CT molecular complexity index is 408. The number of nitrogens with two attached hydrogens (primary N) is 1. The minimum atomic E-state index is 0.172. The first-order valence-corrected chi connectivity index (χ1v) is 6.77. The van der Waals surface area contributed by atoms with Crippen molar-refractivity contribution < 1.29 is 4.79 Å². The maximum Gasteiger partial charge on any atom is 0.224 e. The van der Waals surface area contributed by atoms with Gasteiger partial charge in [0.15, 0.2) is 0 Å². The molecule has 3 nitrogen and oxygen atoms in total. The first-order chi connectivity index (χ1) is 8.24. The third kappa shape index (κ3) is 2.69. The van der Waals surface area contributed by atoms with Gasteiger partial charge in [-0.1, -0.05) is 34.1 Å². The molecule has 1 aromatic carbocycles. The van der Waals surface area contributed by atoms with E-state index in [1.165, 1.54) is 5.56 Å². The molecule has 1 atom stereocenters. The van der Waals surface area contributed by atoms with Crippen LogP contribution in [0.2, 0.25) is 0 Å². The molecule has 0 bridgehead atoms. The van der Waals surface area contributed by atoms with Gasteiger partial charge in [0, 0.05) is 24.0 Å². The summed E-state index contributed by atoms with van der Waals surface area (Å²) in [5.41, 5.74) is 6.66. The second kappa shape index (κ2) is 5.65. The Morgan fingerprint density at radius 2 is 2.24 bits per heavy atom. The number of rotatable bonds is 3. The van der Waals surface area contributed by atoms with Crippen LogP contribution in [-0.4, -0.2) is 23.9 Å².